The van der Waals surface area contributed by atoms with Crippen LogP contribution in [0.3, 0.4) is 0 Å². The van der Waals surface area contributed by atoms with E-state index in [-0.39, 0.29) is 0 Å². The van der Waals surface area contributed by atoms with Gasteiger partial charge in [-0.05, 0) is 62.4 Å². The average Bonchev–Trinajstić information content (AvgIpc) is 2.46. The molecule has 0 heterocycles. The first kappa shape index (κ1) is 14.4. The van der Waals surface area contributed by atoms with E-state index in [4.69, 9.17) is 9.47 Å². The monoisotopic (exact) mass is 263 g/mol. The van der Waals surface area contributed by atoms with Crippen molar-refractivity contribution in [1.82, 2.24) is 5.32 Å². The molecule has 0 aliphatic heterocycles. The van der Waals surface area contributed by atoms with Gasteiger partial charge in [0.2, 0.25) is 0 Å². The first-order valence-electron chi connectivity index (χ1n) is 7.33. The van der Waals surface area contributed by atoms with Gasteiger partial charge in [-0.25, -0.2) is 0 Å². The van der Waals surface area contributed by atoms with Crippen LogP contribution in [0.2, 0.25) is 0 Å². The van der Waals surface area contributed by atoms with Crippen LogP contribution in [0.5, 0.6) is 5.75 Å². The van der Waals surface area contributed by atoms with Crippen LogP contribution in [-0.2, 0) is 11.2 Å². The lowest BCUT2D eigenvalue weighted by Gasteiger charge is -2.27. The Morgan fingerprint density at radius 2 is 2.26 bits per heavy atom. The highest BCUT2D eigenvalue weighted by Crippen LogP contribution is 2.32. The average molecular weight is 263 g/mol. The maximum atomic E-state index is 5.37. The topological polar surface area (TPSA) is 30.5 Å². The molecule has 3 nitrogen and oxygen atoms in total. The van der Waals surface area contributed by atoms with E-state index in [0.717, 1.165) is 31.9 Å². The summed E-state index contributed by atoms with van der Waals surface area (Å²) in [5.41, 5.74) is 2.89. The summed E-state index contributed by atoms with van der Waals surface area (Å²) in [6.07, 6.45) is 4.75. The van der Waals surface area contributed by atoms with Crippen LogP contribution in [0, 0.1) is 0 Å². The molecule has 0 aromatic heterocycles. The Kier molecular flexibility index (Phi) is 5.67. The van der Waals surface area contributed by atoms with E-state index >= 15 is 0 Å². The quantitative estimate of drug-likeness (QED) is 0.767. The van der Waals surface area contributed by atoms with Crippen LogP contribution in [0.15, 0.2) is 18.2 Å². The zero-order chi connectivity index (χ0) is 13.5. The molecule has 19 heavy (non-hydrogen) atoms. The molecule has 0 saturated carbocycles. The molecular weight excluding hydrogens is 238 g/mol. The molecular formula is C16H25NO2. The van der Waals surface area contributed by atoms with Crippen LogP contribution in [0.4, 0.5) is 0 Å². The van der Waals surface area contributed by atoms with Crippen molar-refractivity contribution < 1.29 is 9.47 Å². The molecule has 0 spiro atoms. The van der Waals surface area contributed by atoms with Gasteiger partial charge in [0, 0.05) is 19.3 Å². The van der Waals surface area contributed by atoms with Crippen molar-refractivity contribution in [1.29, 1.82) is 0 Å². The van der Waals surface area contributed by atoms with E-state index in [0.29, 0.717) is 6.04 Å². The van der Waals surface area contributed by atoms with Crippen molar-refractivity contribution in [2.45, 2.75) is 38.6 Å². The number of aryl methyl sites for hydroxylation is 1. The number of fused-ring (bicyclic) bond motifs is 1. The fourth-order valence-corrected chi connectivity index (χ4v) is 2.71. The van der Waals surface area contributed by atoms with Gasteiger partial charge in [-0.15, -0.1) is 0 Å². The number of hydrogen-bond donors (Lipinski definition) is 1. The summed E-state index contributed by atoms with van der Waals surface area (Å²) in [7, 11) is 1.73. The third-order valence-electron chi connectivity index (χ3n) is 3.73. The van der Waals surface area contributed by atoms with E-state index < -0.39 is 0 Å². The molecule has 0 radical (unpaired) electrons. The molecule has 0 amide bonds. The van der Waals surface area contributed by atoms with E-state index in [1.54, 1.807) is 7.11 Å². The standard InChI is InChI=1S/C16H25NO2/c1-3-19-11-5-10-17-16-7-4-6-13-8-9-14(18-2)12-15(13)16/h8-9,12,16-17H,3-7,10-11H2,1-2H3. The highest BCUT2D eigenvalue weighted by molar-refractivity contribution is 5.39. The molecule has 0 saturated heterocycles. The first-order valence-corrected chi connectivity index (χ1v) is 7.33. The summed E-state index contributed by atoms with van der Waals surface area (Å²) in [6, 6.07) is 6.94. The largest absolute Gasteiger partial charge is 0.497 e. The lowest BCUT2D eigenvalue weighted by Crippen LogP contribution is -2.26. The highest BCUT2D eigenvalue weighted by Gasteiger charge is 2.19. The van der Waals surface area contributed by atoms with Crippen molar-refractivity contribution >= 4 is 0 Å². The zero-order valence-electron chi connectivity index (χ0n) is 12.1. The molecule has 1 N–H and O–H groups in total. The molecule has 2 rings (SSSR count). The van der Waals surface area contributed by atoms with Crippen LogP contribution in [0.1, 0.15) is 43.4 Å². The van der Waals surface area contributed by atoms with Crippen molar-refractivity contribution in [3.8, 4) is 5.75 Å². The number of hydrogen-bond acceptors (Lipinski definition) is 3. The Hall–Kier alpha value is -1.06. The fraction of sp³-hybridized carbons (Fsp3) is 0.625. The van der Waals surface area contributed by atoms with Gasteiger partial charge in [0.1, 0.15) is 5.75 Å². The molecule has 1 aliphatic carbocycles. The van der Waals surface area contributed by atoms with Crippen molar-refractivity contribution in [3.63, 3.8) is 0 Å². The molecule has 1 aromatic rings. The maximum Gasteiger partial charge on any atom is 0.119 e. The summed E-state index contributed by atoms with van der Waals surface area (Å²) < 4.78 is 10.7. The summed E-state index contributed by atoms with van der Waals surface area (Å²) in [4.78, 5) is 0. The molecule has 3 heteroatoms. The predicted molar refractivity (Wildman–Crippen MR) is 77.8 cm³/mol. The number of ether oxygens (including phenoxy) is 2. The second-order valence-corrected chi connectivity index (χ2v) is 5.01. The van der Waals surface area contributed by atoms with E-state index in [1.807, 2.05) is 6.92 Å². The van der Waals surface area contributed by atoms with Crippen molar-refractivity contribution in [2.75, 3.05) is 26.9 Å². The number of nitrogens with one attached hydrogen (secondary N) is 1. The molecule has 1 aliphatic rings. The minimum atomic E-state index is 0.473. The normalized spacial score (nSPS) is 18.1. The molecule has 0 bridgehead atoms. The molecule has 1 atom stereocenters. The van der Waals surface area contributed by atoms with Gasteiger partial charge in [-0.2, -0.15) is 0 Å². The minimum absolute atomic E-state index is 0.473. The Labute approximate surface area is 116 Å². The SMILES string of the molecule is CCOCCCNC1CCCc2ccc(OC)cc21. The highest BCUT2D eigenvalue weighted by atomic mass is 16.5. The lowest BCUT2D eigenvalue weighted by molar-refractivity contribution is 0.144. The van der Waals surface area contributed by atoms with Gasteiger partial charge < -0.3 is 14.8 Å². The molecule has 0 fully saturated rings. The Bertz CT molecular complexity index is 392. The smallest absolute Gasteiger partial charge is 0.119 e. The number of benzene rings is 1. The third-order valence-corrected chi connectivity index (χ3v) is 3.73. The Balaban J connectivity index is 1.92. The van der Waals surface area contributed by atoms with Crippen LogP contribution < -0.4 is 10.1 Å². The molecule has 1 unspecified atom stereocenters. The second kappa shape index (κ2) is 7.51. The van der Waals surface area contributed by atoms with Gasteiger partial charge in [-0.1, -0.05) is 6.07 Å². The summed E-state index contributed by atoms with van der Waals surface area (Å²) in [5, 5.41) is 3.65. The van der Waals surface area contributed by atoms with E-state index in [9.17, 15) is 0 Å². The zero-order valence-corrected chi connectivity index (χ0v) is 12.1. The first-order chi connectivity index (χ1) is 9.35. The van der Waals surface area contributed by atoms with Gasteiger partial charge in [0.25, 0.3) is 0 Å². The van der Waals surface area contributed by atoms with Crippen LogP contribution >= 0.6 is 0 Å². The predicted octanol–water partition coefficient (Wildman–Crippen LogP) is 3.09. The molecule has 1 aromatic carbocycles. The van der Waals surface area contributed by atoms with Gasteiger partial charge in [-0.3, -0.25) is 0 Å². The van der Waals surface area contributed by atoms with Crippen LogP contribution in [-0.4, -0.2) is 26.9 Å². The lowest BCUT2D eigenvalue weighted by atomic mass is 9.87. The summed E-state index contributed by atoms with van der Waals surface area (Å²) in [5.74, 6) is 0.960. The minimum Gasteiger partial charge on any atom is -0.497 e. The maximum absolute atomic E-state index is 5.37. The van der Waals surface area contributed by atoms with Gasteiger partial charge >= 0.3 is 0 Å². The van der Waals surface area contributed by atoms with Gasteiger partial charge in [0.05, 0.1) is 7.11 Å². The van der Waals surface area contributed by atoms with Crippen LogP contribution in [0.25, 0.3) is 0 Å². The Morgan fingerprint density at radius 3 is 3.05 bits per heavy atom. The summed E-state index contributed by atoms with van der Waals surface area (Å²) in [6.45, 7) is 4.71. The fourth-order valence-electron chi connectivity index (χ4n) is 2.71. The van der Waals surface area contributed by atoms with Crippen molar-refractivity contribution in [3.05, 3.63) is 29.3 Å². The van der Waals surface area contributed by atoms with E-state index in [1.165, 1.54) is 30.4 Å². The van der Waals surface area contributed by atoms with Gasteiger partial charge in [0.15, 0.2) is 0 Å². The number of methoxy groups -OCH3 is 1. The second-order valence-electron chi connectivity index (χ2n) is 5.01. The number of rotatable bonds is 7. The van der Waals surface area contributed by atoms with Crippen molar-refractivity contribution in [2.24, 2.45) is 0 Å². The summed E-state index contributed by atoms with van der Waals surface area (Å²) >= 11 is 0. The third kappa shape index (κ3) is 3.95. The van der Waals surface area contributed by atoms with E-state index in [2.05, 4.69) is 23.5 Å². The Morgan fingerprint density at radius 1 is 1.37 bits per heavy atom. The molecule has 106 valence electrons.